The smallest absolute Gasteiger partial charge is 0.233 e. The minimum atomic E-state index is -0.699. The van der Waals surface area contributed by atoms with Crippen LogP contribution in [0.25, 0.3) is 0 Å². The Hall–Kier alpha value is -0.720. The number of piperidine rings is 1. The topological polar surface area (TPSA) is 67.6 Å². The Labute approximate surface area is 126 Å². The van der Waals surface area contributed by atoms with Gasteiger partial charge in [0, 0.05) is 26.3 Å². The van der Waals surface area contributed by atoms with Crippen LogP contribution >= 0.6 is 12.2 Å². The number of ether oxygens (including phenoxy) is 1. The van der Waals surface area contributed by atoms with Gasteiger partial charge in [-0.2, -0.15) is 0 Å². The lowest BCUT2D eigenvalue weighted by atomic mass is 9.79. The Balaban J connectivity index is 1.81. The molecule has 6 heteroatoms. The van der Waals surface area contributed by atoms with Crippen molar-refractivity contribution < 1.29 is 9.53 Å². The highest BCUT2D eigenvalue weighted by atomic mass is 32.1. The molecule has 2 fully saturated rings. The van der Waals surface area contributed by atoms with E-state index in [4.69, 9.17) is 22.7 Å². The maximum absolute atomic E-state index is 12.5. The molecule has 0 aromatic carbocycles. The van der Waals surface area contributed by atoms with Crippen LogP contribution in [0.4, 0.5) is 0 Å². The van der Waals surface area contributed by atoms with Crippen molar-refractivity contribution in [2.24, 2.45) is 11.1 Å². The van der Waals surface area contributed by atoms with E-state index in [1.165, 1.54) is 19.3 Å². The summed E-state index contributed by atoms with van der Waals surface area (Å²) in [6, 6.07) is 0. The van der Waals surface area contributed by atoms with Gasteiger partial charge in [0.1, 0.15) is 5.41 Å². The van der Waals surface area contributed by atoms with Crippen LogP contribution in [-0.4, -0.2) is 55.2 Å². The average molecular weight is 299 g/mol. The molecule has 1 amide bonds. The lowest BCUT2D eigenvalue weighted by Gasteiger charge is -2.35. The third-order valence-electron chi connectivity index (χ3n) is 4.41. The lowest BCUT2D eigenvalue weighted by Crippen LogP contribution is -2.53. The van der Waals surface area contributed by atoms with Gasteiger partial charge in [-0.1, -0.05) is 18.6 Å². The highest BCUT2D eigenvalue weighted by Crippen LogP contribution is 2.31. The van der Waals surface area contributed by atoms with E-state index < -0.39 is 5.41 Å². The number of nitrogens with two attached hydrogens (primary N) is 1. The van der Waals surface area contributed by atoms with E-state index in [9.17, 15) is 4.79 Å². The number of rotatable bonds is 5. The first kappa shape index (κ1) is 15.7. The zero-order valence-corrected chi connectivity index (χ0v) is 12.8. The summed E-state index contributed by atoms with van der Waals surface area (Å²) in [5.74, 6) is -0.0229. The van der Waals surface area contributed by atoms with Crippen molar-refractivity contribution in [3.05, 3.63) is 0 Å². The minimum absolute atomic E-state index is 0.0229. The normalized spacial score (nSPS) is 23.2. The van der Waals surface area contributed by atoms with Crippen molar-refractivity contribution in [2.45, 2.75) is 32.1 Å². The van der Waals surface area contributed by atoms with E-state index in [1.807, 2.05) is 0 Å². The fourth-order valence-electron chi connectivity index (χ4n) is 2.98. The van der Waals surface area contributed by atoms with Gasteiger partial charge in [-0.15, -0.1) is 0 Å². The second-order valence-corrected chi connectivity index (χ2v) is 6.16. The molecule has 5 nitrogen and oxygen atoms in total. The van der Waals surface area contributed by atoms with Gasteiger partial charge in [-0.25, -0.2) is 0 Å². The minimum Gasteiger partial charge on any atom is -0.392 e. The lowest BCUT2D eigenvalue weighted by molar-refractivity contribution is -0.131. The fraction of sp³-hybridized carbons (Fsp3) is 0.857. The van der Waals surface area contributed by atoms with E-state index >= 15 is 0 Å². The van der Waals surface area contributed by atoms with Crippen molar-refractivity contribution >= 4 is 23.1 Å². The van der Waals surface area contributed by atoms with E-state index in [0.717, 1.165) is 19.6 Å². The standard InChI is InChI=1S/C14H25N3O2S/c15-12(20)14(4-10-19-11-5-14)13(18)16-6-9-17-7-2-1-3-8-17/h1-11H2,(H2,15,20)(H,16,18). The van der Waals surface area contributed by atoms with Crippen LogP contribution in [0.2, 0.25) is 0 Å². The Morgan fingerprint density at radius 2 is 1.90 bits per heavy atom. The number of hydrogen-bond donors (Lipinski definition) is 2. The van der Waals surface area contributed by atoms with Crippen molar-refractivity contribution in [3.63, 3.8) is 0 Å². The van der Waals surface area contributed by atoms with Gasteiger partial charge in [0.15, 0.2) is 0 Å². The molecule has 0 bridgehead atoms. The maximum Gasteiger partial charge on any atom is 0.233 e. The van der Waals surface area contributed by atoms with Crippen molar-refractivity contribution in [1.82, 2.24) is 10.2 Å². The summed E-state index contributed by atoms with van der Waals surface area (Å²) in [5, 5.41) is 3.02. The second kappa shape index (κ2) is 7.33. The van der Waals surface area contributed by atoms with E-state index in [0.29, 0.717) is 37.6 Å². The Morgan fingerprint density at radius 1 is 1.25 bits per heavy atom. The molecule has 114 valence electrons. The first-order valence-electron chi connectivity index (χ1n) is 7.53. The molecule has 3 N–H and O–H groups in total. The number of amides is 1. The summed E-state index contributed by atoms with van der Waals surface area (Å²) in [6.45, 7) is 4.97. The maximum atomic E-state index is 12.5. The molecule has 20 heavy (non-hydrogen) atoms. The van der Waals surface area contributed by atoms with E-state index in [-0.39, 0.29) is 5.91 Å². The first-order valence-corrected chi connectivity index (χ1v) is 7.94. The highest BCUT2D eigenvalue weighted by Gasteiger charge is 2.42. The van der Waals surface area contributed by atoms with E-state index in [2.05, 4.69) is 10.2 Å². The Morgan fingerprint density at radius 3 is 2.50 bits per heavy atom. The molecule has 0 aromatic heterocycles. The molecule has 2 aliphatic rings. The molecule has 2 rings (SSSR count). The van der Waals surface area contributed by atoms with Gasteiger partial charge in [0.2, 0.25) is 5.91 Å². The Kier molecular flexibility index (Phi) is 5.74. The number of nitrogens with one attached hydrogen (secondary N) is 1. The zero-order valence-electron chi connectivity index (χ0n) is 12.0. The number of hydrogen-bond acceptors (Lipinski definition) is 4. The van der Waals surface area contributed by atoms with Crippen LogP contribution in [0.5, 0.6) is 0 Å². The third kappa shape index (κ3) is 3.68. The molecule has 0 spiro atoms. The molecule has 2 aliphatic heterocycles. The molecule has 0 atom stereocenters. The molecule has 0 aliphatic carbocycles. The number of thiocarbonyl (C=S) groups is 1. The summed E-state index contributed by atoms with van der Waals surface area (Å²) in [6.07, 6.45) is 5.05. The van der Waals surface area contributed by atoms with Gasteiger partial charge in [-0.3, -0.25) is 4.79 Å². The van der Waals surface area contributed by atoms with Gasteiger partial charge in [-0.05, 0) is 38.8 Å². The fourth-order valence-corrected chi connectivity index (χ4v) is 3.28. The molecule has 0 unspecified atom stereocenters. The monoisotopic (exact) mass is 299 g/mol. The predicted octanol–water partition coefficient (Wildman–Crippen LogP) is 0.671. The quantitative estimate of drug-likeness (QED) is 0.731. The van der Waals surface area contributed by atoms with Crippen molar-refractivity contribution in [1.29, 1.82) is 0 Å². The Bertz CT molecular complexity index is 350. The highest BCUT2D eigenvalue weighted by molar-refractivity contribution is 7.80. The van der Waals surface area contributed by atoms with Crippen LogP contribution in [0.3, 0.4) is 0 Å². The number of carbonyl (C=O) groups excluding carboxylic acids is 1. The summed E-state index contributed by atoms with van der Waals surface area (Å²) in [5.41, 5.74) is 5.12. The summed E-state index contributed by atoms with van der Waals surface area (Å²) >= 11 is 5.13. The average Bonchev–Trinajstić information content (AvgIpc) is 2.48. The summed E-state index contributed by atoms with van der Waals surface area (Å²) in [4.78, 5) is 15.2. The van der Waals surface area contributed by atoms with Crippen LogP contribution in [0.15, 0.2) is 0 Å². The van der Waals surface area contributed by atoms with Crippen LogP contribution in [0.1, 0.15) is 32.1 Å². The van der Waals surface area contributed by atoms with Crippen molar-refractivity contribution in [2.75, 3.05) is 39.4 Å². The van der Waals surface area contributed by atoms with Crippen LogP contribution in [0, 0.1) is 5.41 Å². The first-order chi connectivity index (χ1) is 9.65. The third-order valence-corrected chi connectivity index (χ3v) is 4.81. The SMILES string of the molecule is NC(=S)C1(C(=O)NCCN2CCCCC2)CCOCC1. The molecule has 2 saturated heterocycles. The number of carbonyl (C=O) groups is 1. The summed E-state index contributed by atoms with van der Waals surface area (Å²) in [7, 11) is 0. The zero-order chi connectivity index (χ0) is 14.4. The molecule has 0 radical (unpaired) electrons. The molecule has 2 heterocycles. The largest absolute Gasteiger partial charge is 0.392 e. The molecular weight excluding hydrogens is 274 g/mol. The molecule has 0 saturated carbocycles. The van der Waals surface area contributed by atoms with Gasteiger partial charge >= 0.3 is 0 Å². The molecular formula is C14H25N3O2S. The predicted molar refractivity (Wildman–Crippen MR) is 82.6 cm³/mol. The van der Waals surface area contributed by atoms with Gasteiger partial charge in [0.25, 0.3) is 0 Å². The number of nitrogens with zero attached hydrogens (tertiary/aromatic N) is 1. The van der Waals surface area contributed by atoms with E-state index in [1.54, 1.807) is 0 Å². The van der Waals surface area contributed by atoms with Crippen LogP contribution < -0.4 is 11.1 Å². The summed E-state index contributed by atoms with van der Waals surface area (Å²) < 4.78 is 5.32. The second-order valence-electron chi connectivity index (χ2n) is 5.72. The van der Waals surface area contributed by atoms with Gasteiger partial charge in [0.05, 0.1) is 4.99 Å². The van der Waals surface area contributed by atoms with Crippen LogP contribution in [-0.2, 0) is 9.53 Å². The molecule has 0 aromatic rings. The number of likely N-dealkylation sites (tertiary alicyclic amines) is 1. The van der Waals surface area contributed by atoms with Gasteiger partial charge < -0.3 is 20.7 Å². The van der Waals surface area contributed by atoms with Crippen molar-refractivity contribution in [3.8, 4) is 0 Å².